The Labute approximate surface area is 103 Å². The summed E-state index contributed by atoms with van der Waals surface area (Å²) in [6.45, 7) is 0. The van der Waals surface area contributed by atoms with Gasteiger partial charge in [-0.25, -0.2) is 4.98 Å². The van der Waals surface area contributed by atoms with E-state index in [2.05, 4.69) is 4.98 Å². The SMILES string of the molecule is COc1ccc(Cl)cc1C(N)c1nccs1. The molecule has 1 heterocycles. The van der Waals surface area contributed by atoms with Gasteiger partial charge in [-0.2, -0.15) is 0 Å². The first-order chi connectivity index (χ1) is 7.72. The van der Waals surface area contributed by atoms with Crippen LogP contribution in [0.5, 0.6) is 5.75 Å². The van der Waals surface area contributed by atoms with Crippen LogP contribution in [0.4, 0.5) is 0 Å². The largest absolute Gasteiger partial charge is 0.496 e. The third kappa shape index (κ3) is 2.19. The van der Waals surface area contributed by atoms with Gasteiger partial charge in [0.1, 0.15) is 10.8 Å². The highest BCUT2D eigenvalue weighted by Gasteiger charge is 2.16. The molecular weight excluding hydrogens is 244 g/mol. The second-order valence-electron chi connectivity index (χ2n) is 3.23. The van der Waals surface area contributed by atoms with Gasteiger partial charge in [-0.15, -0.1) is 11.3 Å². The summed E-state index contributed by atoms with van der Waals surface area (Å²) >= 11 is 7.47. The fourth-order valence-corrected chi connectivity index (χ4v) is 2.31. The lowest BCUT2D eigenvalue weighted by Gasteiger charge is -2.13. The summed E-state index contributed by atoms with van der Waals surface area (Å²) in [5.74, 6) is 0.729. The molecule has 16 heavy (non-hydrogen) atoms. The molecule has 1 unspecified atom stereocenters. The molecule has 0 saturated carbocycles. The van der Waals surface area contributed by atoms with Gasteiger partial charge in [0, 0.05) is 22.2 Å². The van der Waals surface area contributed by atoms with Crippen LogP contribution in [0.15, 0.2) is 29.8 Å². The number of rotatable bonds is 3. The molecule has 0 bridgehead atoms. The van der Waals surface area contributed by atoms with Crippen LogP contribution in [0.2, 0.25) is 5.02 Å². The first-order valence-corrected chi connectivity index (χ1v) is 5.96. The van der Waals surface area contributed by atoms with Gasteiger partial charge in [-0.1, -0.05) is 11.6 Å². The zero-order valence-electron chi connectivity index (χ0n) is 8.68. The molecule has 2 aromatic rings. The number of thiazole rings is 1. The molecule has 0 radical (unpaired) electrons. The van der Waals surface area contributed by atoms with E-state index in [0.29, 0.717) is 5.02 Å². The highest BCUT2D eigenvalue weighted by molar-refractivity contribution is 7.09. The van der Waals surface area contributed by atoms with Gasteiger partial charge in [0.05, 0.1) is 13.2 Å². The second-order valence-corrected chi connectivity index (χ2v) is 4.60. The van der Waals surface area contributed by atoms with Crippen LogP contribution >= 0.6 is 22.9 Å². The predicted octanol–water partition coefficient (Wildman–Crippen LogP) is 2.85. The summed E-state index contributed by atoms with van der Waals surface area (Å²) in [5, 5.41) is 3.38. The minimum atomic E-state index is -0.298. The van der Waals surface area contributed by atoms with Gasteiger partial charge >= 0.3 is 0 Å². The molecule has 0 saturated heterocycles. The Bertz CT molecular complexity index is 473. The number of nitrogens with zero attached hydrogens (tertiary/aromatic N) is 1. The Kier molecular flexibility index (Phi) is 3.43. The number of hydrogen-bond acceptors (Lipinski definition) is 4. The summed E-state index contributed by atoms with van der Waals surface area (Å²) < 4.78 is 5.26. The van der Waals surface area contributed by atoms with Crippen LogP contribution in [0, 0.1) is 0 Å². The van der Waals surface area contributed by atoms with E-state index in [4.69, 9.17) is 22.1 Å². The van der Waals surface area contributed by atoms with E-state index in [1.54, 1.807) is 19.4 Å². The first-order valence-electron chi connectivity index (χ1n) is 4.71. The Morgan fingerprint density at radius 3 is 2.94 bits per heavy atom. The highest BCUT2D eigenvalue weighted by Crippen LogP contribution is 2.31. The second kappa shape index (κ2) is 4.82. The number of nitrogens with two attached hydrogens (primary N) is 1. The maximum atomic E-state index is 6.12. The van der Waals surface area contributed by atoms with Crippen LogP contribution in [0.25, 0.3) is 0 Å². The lowest BCUT2D eigenvalue weighted by Crippen LogP contribution is -2.12. The number of benzene rings is 1. The summed E-state index contributed by atoms with van der Waals surface area (Å²) in [6.07, 6.45) is 1.73. The standard InChI is InChI=1S/C11H11ClN2OS/c1-15-9-3-2-7(12)6-8(9)10(13)11-14-4-5-16-11/h2-6,10H,13H2,1H3. The van der Waals surface area contributed by atoms with Gasteiger partial charge in [0.2, 0.25) is 0 Å². The fourth-order valence-electron chi connectivity index (χ4n) is 1.47. The normalized spacial score (nSPS) is 12.4. The van der Waals surface area contributed by atoms with Crippen LogP contribution in [-0.4, -0.2) is 12.1 Å². The van der Waals surface area contributed by atoms with Crippen molar-refractivity contribution in [3.05, 3.63) is 45.4 Å². The van der Waals surface area contributed by atoms with Crippen molar-refractivity contribution < 1.29 is 4.74 Å². The van der Waals surface area contributed by atoms with Crippen molar-refractivity contribution in [2.24, 2.45) is 5.73 Å². The average Bonchev–Trinajstić information content (AvgIpc) is 2.81. The molecule has 1 aromatic heterocycles. The van der Waals surface area contributed by atoms with Crippen molar-refractivity contribution in [2.45, 2.75) is 6.04 Å². The third-order valence-corrected chi connectivity index (χ3v) is 3.34. The first kappa shape index (κ1) is 11.4. The topological polar surface area (TPSA) is 48.1 Å². The molecule has 2 rings (SSSR count). The number of halogens is 1. The molecule has 84 valence electrons. The molecule has 2 N–H and O–H groups in total. The number of hydrogen-bond donors (Lipinski definition) is 1. The molecule has 0 aliphatic heterocycles. The number of aromatic nitrogens is 1. The van der Waals surface area contributed by atoms with E-state index >= 15 is 0 Å². The van der Waals surface area contributed by atoms with Gasteiger partial charge in [0.25, 0.3) is 0 Å². The molecule has 0 fully saturated rings. The van der Waals surface area contributed by atoms with Crippen molar-refractivity contribution in [1.29, 1.82) is 0 Å². The van der Waals surface area contributed by atoms with E-state index in [9.17, 15) is 0 Å². The zero-order chi connectivity index (χ0) is 11.5. The van der Waals surface area contributed by atoms with Crippen LogP contribution < -0.4 is 10.5 Å². The highest BCUT2D eigenvalue weighted by atomic mass is 35.5. The minimum absolute atomic E-state index is 0.298. The Hall–Kier alpha value is -1.10. The molecule has 1 aromatic carbocycles. The molecular formula is C11H11ClN2OS. The average molecular weight is 255 g/mol. The molecule has 1 atom stereocenters. The van der Waals surface area contributed by atoms with Gasteiger partial charge in [0.15, 0.2) is 0 Å². The van der Waals surface area contributed by atoms with E-state index in [0.717, 1.165) is 16.3 Å². The summed E-state index contributed by atoms with van der Waals surface area (Å²) in [4.78, 5) is 4.19. The third-order valence-electron chi connectivity index (χ3n) is 2.24. The van der Waals surface area contributed by atoms with Crippen molar-refractivity contribution in [3.63, 3.8) is 0 Å². The van der Waals surface area contributed by atoms with Gasteiger partial charge in [-0.05, 0) is 18.2 Å². The van der Waals surface area contributed by atoms with E-state index in [-0.39, 0.29) is 6.04 Å². The van der Waals surface area contributed by atoms with Crippen LogP contribution in [0.3, 0.4) is 0 Å². The summed E-state index contributed by atoms with van der Waals surface area (Å²) in [5.41, 5.74) is 6.97. The van der Waals surface area contributed by atoms with Gasteiger partial charge < -0.3 is 10.5 Å². The maximum absolute atomic E-state index is 6.12. The number of ether oxygens (including phenoxy) is 1. The summed E-state index contributed by atoms with van der Waals surface area (Å²) in [7, 11) is 1.61. The van der Waals surface area contributed by atoms with E-state index in [1.165, 1.54) is 11.3 Å². The maximum Gasteiger partial charge on any atom is 0.124 e. The quantitative estimate of drug-likeness (QED) is 0.916. The van der Waals surface area contributed by atoms with E-state index < -0.39 is 0 Å². The van der Waals surface area contributed by atoms with Crippen molar-refractivity contribution in [2.75, 3.05) is 7.11 Å². The smallest absolute Gasteiger partial charge is 0.124 e. The predicted molar refractivity (Wildman–Crippen MR) is 66.1 cm³/mol. The molecule has 0 aliphatic carbocycles. The molecule has 5 heteroatoms. The lowest BCUT2D eigenvalue weighted by molar-refractivity contribution is 0.408. The Morgan fingerprint density at radius 1 is 1.50 bits per heavy atom. The summed E-state index contributed by atoms with van der Waals surface area (Å²) in [6, 6.07) is 5.10. The monoisotopic (exact) mass is 254 g/mol. The van der Waals surface area contributed by atoms with Crippen LogP contribution in [0.1, 0.15) is 16.6 Å². The molecule has 3 nitrogen and oxygen atoms in total. The van der Waals surface area contributed by atoms with Gasteiger partial charge in [-0.3, -0.25) is 0 Å². The number of methoxy groups -OCH3 is 1. The van der Waals surface area contributed by atoms with E-state index in [1.807, 2.05) is 17.5 Å². The Morgan fingerprint density at radius 2 is 2.31 bits per heavy atom. The van der Waals surface area contributed by atoms with Crippen molar-refractivity contribution in [1.82, 2.24) is 4.98 Å². The molecule has 0 amide bonds. The van der Waals surface area contributed by atoms with Crippen molar-refractivity contribution >= 4 is 22.9 Å². The fraction of sp³-hybridized carbons (Fsp3) is 0.182. The molecule has 0 spiro atoms. The minimum Gasteiger partial charge on any atom is -0.496 e. The van der Waals surface area contributed by atoms with Crippen LogP contribution in [-0.2, 0) is 0 Å². The van der Waals surface area contributed by atoms with Crippen molar-refractivity contribution in [3.8, 4) is 5.75 Å². The Balaban J connectivity index is 2.42. The lowest BCUT2D eigenvalue weighted by atomic mass is 10.1. The molecule has 0 aliphatic rings. The zero-order valence-corrected chi connectivity index (χ0v) is 10.3.